The number of hydrogen-bond acceptors (Lipinski definition) is 3. The highest BCUT2D eigenvalue weighted by molar-refractivity contribution is 14.1. The third-order valence-corrected chi connectivity index (χ3v) is 4.79. The van der Waals surface area contributed by atoms with Gasteiger partial charge >= 0.3 is 0 Å². The molecule has 0 saturated heterocycles. The number of nitrogens with one attached hydrogen (secondary N) is 2. The largest absolute Gasteiger partial charge is 0.374 e. The summed E-state index contributed by atoms with van der Waals surface area (Å²) in [5, 5.41) is 9.68. The predicted octanol–water partition coefficient (Wildman–Crippen LogP) is 4.79. The molecule has 4 nitrogen and oxygen atoms in total. The summed E-state index contributed by atoms with van der Waals surface area (Å²) in [5.74, 6) is -0.150. The fraction of sp³-hybridized carbons (Fsp3) is 0.143. The van der Waals surface area contributed by atoms with Crippen molar-refractivity contribution in [1.82, 2.24) is 5.43 Å². The average molecular weight is 457 g/mol. The van der Waals surface area contributed by atoms with E-state index in [9.17, 15) is 4.79 Å². The van der Waals surface area contributed by atoms with E-state index in [1.165, 1.54) is 5.39 Å². The highest BCUT2D eigenvalue weighted by atomic mass is 127. The number of halogens is 1. The summed E-state index contributed by atoms with van der Waals surface area (Å²) >= 11 is 2.26. The van der Waals surface area contributed by atoms with E-state index in [4.69, 9.17) is 0 Å². The van der Waals surface area contributed by atoms with E-state index in [1.807, 2.05) is 61.5 Å². The van der Waals surface area contributed by atoms with Gasteiger partial charge in [-0.3, -0.25) is 4.79 Å². The van der Waals surface area contributed by atoms with Gasteiger partial charge < -0.3 is 5.32 Å². The summed E-state index contributed by atoms with van der Waals surface area (Å²) in [6, 6.07) is 21.8. The second-order valence-electron chi connectivity index (χ2n) is 5.95. The topological polar surface area (TPSA) is 53.5 Å². The first-order valence-electron chi connectivity index (χ1n) is 8.49. The van der Waals surface area contributed by atoms with E-state index in [-0.39, 0.29) is 11.9 Å². The molecule has 0 radical (unpaired) electrons. The number of carbonyl (C=O) groups excluding carboxylic acids is 1. The molecule has 0 bridgehead atoms. The van der Waals surface area contributed by atoms with Crippen LogP contribution in [0.25, 0.3) is 10.8 Å². The minimum absolute atomic E-state index is 0.150. The number of amides is 1. The number of anilines is 1. The molecule has 0 fully saturated rings. The lowest BCUT2D eigenvalue weighted by Gasteiger charge is -2.16. The van der Waals surface area contributed by atoms with Crippen LogP contribution in [0, 0.1) is 3.57 Å². The van der Waals surface area contributed by atoms with Crippen molar-refractivity contribution in [3.8, 4) is 0 Å². The van der Waals surface area contributed by atoms with Crippen LogP contribution in [0.1, 0.15) is 18.9 Å². The highest BCUT2D eigenvalue weighted by Gasteiger charge is 2.15. The Morgan fingerprint density at radius 1 is 1.08 bits per heavy atom. The summed E-state index contributed by atoms with van der Waals surface area (Å²) in [4.78, 5) is 12.4. The van der Waals surface area contributed by atoms with Crippen LogP contribution in [-0.2, 0) is 4.79 Å². The first-order valence-corrected chi connectivity index (χ1v) is 9.57. The molecule has 132 valence electrons. The van der Waals surface area contributed by atoms with Crippen molar-refractivity contribution in [3.63, 3.8) is 0 Å². The van der Waals surface area contributed by atoms with Crippen LogP contribution >= 0.6 is 22.6 Å². The highest BCUT2D eigenvalue weighted by Crippen LogP contribution is 2.15. The van der Waals surface area contributed by atoms with Gasteiger partial charge in [-0.25, -0.2) is 5.43 Å². The quantitative estimate of drug-likeness (QED) is 0.318. The molecule has 0 aliphatic rings. The maximum absolute atomic E-state index is 12.4. The molecule has 3 aromatic carbocycles. The van der Waals surface area contributed by atoms with Gasteiger partial charge in [0.1, 0.15) is 6.04 Å². The van der Waals surface area contributed by atoms with Gasteiger partial charge in [0.2, 0.25) is 0 Å². The van der Waals surface area contributed by atoms with Gasteiger partial charge in [0.25, 0.3) is 5.91 Å². The third kappa shape index (κ3) is 4.82. The molecule has 2 N–H and O–H groups in total. The molecule has 1 atom stereocenters. The van der Waals surface area contributed by atoms with Crippen LogP contribution in [-0.4, -0.2) is 18.2 Å². The van der Waals surface area contributed by atoms with Crippen molar-refractivity contribution < 1.29 is 4.79 Å². The molecule has 0 aromatic heterocycles. The Hall–Kier alpha value is -2.41. The predicted molar refractivity (Wildman–Crippen MR) is 117 cm³/mol. The number of rotatable bonds is 6. The van der Waals surface area contributed by atoms with Crippen molar-refractivity contribution in [2.24, 2.45) is 5.10 Å². The number of fused-ring (bicyclic) bond motifs is 1. The summed E-state index contributed by atoms with van der Waals surface area (Å²) < 4.78 is 1.16. The molecule has 0 saturated carbocycles. The molecule has 0 aliphatic carbocycles. The summed E-state index contributed by atoms with van der Waals surface area (Å²) in [7, 11) is 0. The minimum atomic E-state index is -0.330. The van der Waals surface area contributed by atoms with Gasteiger partial charge in [0.15, 0.2) is 0 Å². The van der Waals surface area contributed by atoms with Crippen LogP contribution < -0.4 is 10.7 Å². The first kappa shape index (κ1) is 18.4. The molecular formula is C21H20IN3O. The Bertz CT molecular complexity index is 922. The monoisotopic (exact) mass is 457 g/mol. The number of hydrazone groups is 1. The van der Waals surface area contributed by atoms with Crippen molar-refractivity contribution in [1.29, 1.82) is 0 Å². The maximum atomic E-state index is 12.4. The second kappa shape index (κ2) is 8.80. The van der Waals surface area contributed by atoms with Crippen molar-refractivity contribution in [3.05, 3.63) is 75.9 Å². The molecule has 0 heterocycles. The lowest BCUT2D eigenvalue weighted by molar-refractivity contribution is -0.121. The Balaban J connectivity index is 1.61. The number of hydrogen-bond donors (Lipinski definition) is 2. The zero-order chi connectivity index (χ0) is 18.4. The number of nitrogens with zero attached hydrogens (tertiary/aromatic N) is 1. The Morgan fingerprint density at radius 2 is 1.81 bits per heavy atom. The molecule has 26 heavy (non-hydrogen) atoms. The fourth-order valence-corrected chi connectivity index (χ4v) is 3.00. The molecule has 1 amide bonds. The summed E-state index contributed by atoms with van der Waals surface area (Å²) in [6.45, 7) is 1.97. The lowest BCUT2D eigenvalue weighted by Crippen LogP contribution is -2.36. The zero-order valence-corrected chi connectivity index (χ0v) is 16.6. The van der Waals surface area contributed by atoms with Gasteiger partial charge in [-0.2, -0.15) is 5.10 Å². The van der Waals surface area contributed by atoms with Gasteiger partial charge in [0.05, 0.1) is 6.21 Å². The fourth-order valence-electron chi connectivity index (χ4n) is 2.64. The van der Waals surface area contributed by atoms with Crippen LogP contribution in [0.15, 0.2) is 71.8 Å². The van der Waals surface area contributed by atoms with E-state index < -0.39 is 0 Å². The smallest absolute Gasteiger partial charge is 0.262 e. The zero-order valence-electron chi connectivity index (χ0n) is 14.4. The maximum Gasteiger partial charge on any atom is 0.262 e. The van der Waals surface area contributed by atoms with Crippen LogP contribution in [0.2, 0.25) is 0 Å². The molecule has 3 rings (SSSR count). The molecule has 5 heteroatoms. The van der Waals surface area contributed by atoms with Crippen molar-refractivity contribution >= 4 is 51.2 Å². The average Bonchev–Trinajstić information content (AvgIpc) is 2.67. The Morgan fingerprint density at radius 3 is 2.54 bits per heavy atom. The van der Waals surface area contributed by atoms with Crippen molar-refractivity contribution in [2.45, 2.75) is 19.4 Å². The van der Waals surface area contributed by atoms with Gasteiger partial charge in [-0.15, -0.1) is 0 Å². The first-order chi connectivity index (χ1) is 12.7. The number of carbonyl (C=O) groups is 1. The SMILES string of the molecule is CC[C@@H](Nc1ccc(I)cc1)C(=O)N/N=C\c1ccc2ccccc2c1. The molecule has 0 unspecified atom stereocenters. The standard InChI is InChI=1S/C21H20IN3O/c1-2-20(24-19-11-9-18(22)10-12-19)21(26)25-23-14-15-7-8-16-5-3-4-6-17(16)13-15/h3-14,20,24H,2H2,1H3,(H,25,26)/b23-14-/t20-/m1/s1. The van der Waals surface area contributed by atoms with E-state index in [1.54, 1.807) is 6.21 Å². The van der Waals surface area contributed by atoms with Gasteiger partial charge in [-0.05, 0) is 75.7 Å². The van der Waals surface area contributed by atoms with Crippen LogP contribution in [0.3, 0.4) is 0 Å². The lowest BCUT2D eigenvalue weighted by atomic mass is 10.1. The Labute approximate surface area is 166 Å². The second-order valence-corrected chi connectivity index (χ2v) is 7.20. The van der Waals surface area contributed by atoms with Crippen molar-refractivity contribution in [2.75, 3.05) is 5.32 Å². The van der Waals surface area contributed by atoms with E-state index >= 15 is 0 Å². The van der Waals surface area contributed by atoms with Crippen LogP contribution in [0.4, 0.5) is 5.69 Å². The number of benzene rings is 3. The third-order valence-electron chi connectivity index (χ3n) is 4.07. The molecule has 0 aliphatic heterocycles. The molecular weight excluding hydrogens is 437 g/mol. The van der Waals surface area contributed by atoms with E-state index in [2.05, 4.69) is 50.6 Å². The normalized spacial score (nSPS) is 12.2. The van der Waals surface area contributed by atoms with Crippen LogP contribution in [0.5, 0.6) is 0 Å². The van der Waals surface area contributed by atoms with Gasteiger partial charge in [-0.1, -0.05) is 43.3 Å². The Kier molecular flexibility index (Phi) is 6.22. The summed E-state index contributed by atoms with van der Waals surface area (Å²) in [5.41, 5.74) is 4.50. The van der Waals surface area contributed by atoms with Gasteiger partial charge in [0, 0.05) is 9.26 Å². The minimum Gasteiger partial charge on any atom is -0.374 e. The van der Waals surface area contributed by atoms with E-state index in [0.717, 1.165) is 20.2 Å². The van der Waals surface area contributed by atoms with E-state index in [0.29, 0.717) is 6.42 Å². The molecule has 0 spiro atoms. The molecule has 3 aromatic rings. The summed E-state index contributed by atoms with van der Waals surface area (Å²) in [6.07, 6.45) is 2.34.